The lowest BCUT2D eigenvalue weighted by Crippen LogP contribution is -2.22. The lowest BCUT2D eigenvalue weighted by Gasteiger charge is -2.15. The van der Waals surface area contributed by atoms with Crippen molar-refractivity contribution in [2.75, 3.05) is 16.9 Å². The first kappa shape index (κ1) is 21.8. The van der Waals surface area contributed by atoms with Crippen LogP contribution in [0.25, 0.3) is 11.1 Å². The fourth-order valence-corrected chi connectivity index (χ4v) is 4.12. The Kier molecular flexibility index (Phi) is 6.40. The molecule has 0 saturated heterocycles. The van der Waals surface area contributed by atoms with Gasteiger partial charge in [0.15, 0.2) is 0 Å². The zero-order valence-electron chi connectivity index (χ0n) is 17.8. The number of rotatable bonds is 7. The van der Waals surface area contributed by atoms with E-state index in [4.69, 9.17) is 0 Å². The predicted octanol–water partition coefficient (Wildman–Crippen LogP) is 3.10. The maximum atomic E-state index is 12.4. The molecule has 4 rings (SSSR count). The van der Waals surface area contributed by atoms with Gasteiger partial charge < -0.3 is 20.3 Å². The average Bonchev–Trinajstić information content (AvgIpc) is 3.23. The minimum absolute atomic E-state index is 0.0564. The Hall–Kier alpha value is -3.40. The van der Waals surface area contributed by atoms with Crippen LogP contribution in [0.5, 0.6) is 0 Å². The van der Waals surface area contributed by atoms with Crippen molar-refractivity contribution < 1.29 is 9.90 Å². The lowest BCUT2D eigenvalue weighted by molar-refractivity contribution is 0.0696. The highest BCUT2D eigenvalue weighted by molar-refractivity contribution is 7.98. The normalized spacial score (nSPS) is 17.8. The van der Waals surface area contributed by atoms with E-state index in [1.807, 2.05) is 24.7 Å². The quantitative estimate of drug-likeness (QED) is 0.464. The molecular formula is C22H24N6O3S. The third kappa shape index (κ3) is 4.91. The summed E-state index contributed by atoms with van der Waals surface area (Å²) in [6, 6.07) is 5.53. The van der Waals surface area contributed by atoms with Crippen LogP contribution in [0.1, 0.15) is 29.6 Å². The van der Waals surface area contributed by atoms with E-state index in [9.17, 15) is 14.7 Å². The molecule has 32 heavy (non-hydrogen) atoms. The third-order valence-electron chi connectivity index (χ3n) is 5.49. The Bertz CT molecular complexity index is 1160. The standard InChI is InChI=1S/C22H24N6O3S/c1-28-12-14(21(30)31)7-18(20(28)29)13-3-6-19(23-9-13)26-15-4-5-16(8-15)27-22-24-10-17(32-2)11-25-22/h3,6-7,9-12,15-16H,4-5,8H2,1-2H3,(H,23,26)(H,30,31)(H,24,25,27)/t15-,16+/m1/s1. The van der Waals surface area contributed by atoms with E-state index in [1.165, 1.54) is 23.9 Å². The first-order valence-electron chi connectivity index (χ1n) is 10.2. The van der Waals surface area contributed by atoms with Gasteiger partial charge in [-0.15, -0.1) is 11.8 Å². The maximum Gasteiger partial charge on any atom is 0.337 e. The van der Waals surface area contributed by atoms with Gasteiger partial charge in [-0.05, 0) is 43.7 Å². The second-order valence-corrected chi connectivity index (χ2v) is 8.62. The van der Waals surface area contributed by atoms with Gasteiger partial charge in [0.2, 0.25) is 5.95 Å². The van der Waals surface area contributed by atoms with Crippen molar-refractivity contribution in [2.24, 2.45) is 7.05 Å². The average molecular weight is 453 g/mol. The van der Waals surface area contributed by atoms with Gasteiger partial charge in [0.1, 0.15) is 5.82 Å². The number of anilines is 2. The van der Waals surface area contributed by atoms with Crippen LogP contribution >= 0.6 is 11.8 Å². The SMILES string of the molecule is CSc1cnc(N[C@H]2CC[C@@H](Nc3ccc(-c4cc(C(=O)O)cn(C)c4=O)cn3)C2)nc1. The molecule has 0 aliphatic heterocycles. The summed E-state index contributed by atoms with van der Waals surface area (Å²) in [6.07, 6.45) is 11.4. The molecule has 1 aliphatic rings. The summed E-state index contributed by atoms with van der Waals surface area (Å²) in [5, 5.41) is 16.1. The Balaban J connectivity index is 1.39. The second-order valence-electron chi connectivity index (χ2n) is 7.74. The highest BCUT2D eigenvalue weighted by Gasteiger charge is 2.25. The van der Waals surface area contributed by atoms with Crippen LogP contribution in [0.4, 0.5) is 11.8 Å². The molecule has 0 spiro atoms. The van der Waals surface area contributed by atoms with E-state index in [-0.39, 0.29) is 23.2 Å². The molecule has 0 aromatic carbocycles. The molecule has 9 nitrogen and oxygen atoms in total. The highest BCUT2D eigenvalue weighted by atomic mass is 32.2. The number of nitrogens with zero attached hydrogens (tertiary/aromatic N) is 4. The van der Waals surface area contributed by atoms with Crippen molar-refractivity contribution >= 4 is 29.5 Å². The molecule has 0 bridgehead atoms. The van der Waals surface area contributed by atoms with Crippen molar-refractivity contribution in [3.05, 3.63) is 58.9 Å². The number of aromatic carboxylic acids is 1. The van der Waals surface area contributed by atoms with Crippen molar-refractivity contribution in [3.8, 4) is 11.1 Å². The Morgan fingerprint density at radius 2 is 1.84 bits per heavy atom. The zero-order chi connectivity index (χ0) is 22.7. The number of aryl methyl sites for hydroxylation is 1. The summed E-state index contributed by atoms with van der Waals surface area (Å²) >= 11 is 1.61. The van der Waals surface area contributed by atoms with E-state index >= 15 is 0 Å². The molecule has 1 fully saturated rings. The lowest BCUT2D eigenvalue weighted by atomic mass is 10.1. The number of carboxylic acid groups (broad SMARTS) is 1. The first-order valence-corrected chi connectivity index (χ1v) is 11.4. The van der Waals surface area contributed by atoms with E-state index in [1.54, 1.807) is 24.0 Å². The summed E-state index contributed by atoms with van der Waals surface area (Å²) in [7, 11) is 1.54. The molecule has 3 heterocycles. The molecule has 3 aromatic rings. The van der Waals surface area contributed by atoms with Crippen LogP contribution in [0, 0.1) is 0 Å². The molecule has 1 aliphatic carbocycles. The summed E-state index contributed by atoms with van der Waals surface area (Å²) in [5.74, 6) is 0.273. The Morgan fingerprint density at radius 1 is 1.12 bits per heavy atom. The van der Waals surface area contributed by atoms with Crippen molar-refractivity contribution in [1.82, 2.24) is 19.5 Å². The monoisotopic (exact) mass is 452 g/mol. The maximum absolute atomic E-state index is 12.4. The molecule has 0 radical (unpaired) electrons. The van der Waals surface area contributed by atoms with Gasteiger partial charge in [-0.3, -0.25) is 4.79 Å². The molecule has 0 amide bonds. The molecule has 3 N–H and O–H groups in total. The van der Waals surface area contributed by atoms with E-state index in [0.717, 1.165) is 24.2 Å². The van der Waals surface area contributed by atoms with Gasteiger partial charge in [-0.1, -0.05) is 0 Å². The number of hydrogen-bond donors (Lipinski definition) is 3. The first-order chi connectivity index (χ1) is 15.4. The predicted molar refractivity (Wildman–Crippen MR) is 124 cm³/mol. The smallest absolute Gasteiger partial charge is 0.337 e. The topological polar surface area (TPSA) is 122 Å². The molecule has 1 saturated carbocycles. The summed E-state index contributed by atoms with van der Waals surface area (Å²) in [5.41, 5.74) is 0.677. The van der Waals surface area contributed by atoms with E-state index < -0.39 is 5.97 Å². The van der Waals surface area contributed by atoms with Gasteiger partial charge in [0.25, 0.3) is 5.56 Å². The van der Waals surface area contributed by atoms with Crippen molar-refractivity contribution in [3.63, 3.8) is 0 Å². The Labute approximate surface area is 189 Å². The van der Waals surface area contributed by atoms with Crippen LogP contribution in [0.3, 0.4) is 0 Å². The summed E-state index contributed by atoms with van der Waals surface area (Å²) < 4.78 is 1.27. The van der Waals surface area contributed by atoms with Gasteiger partial charge in [-0.25, -0.2) is 19.7 Å². The van der Waals surface area contributed by atoms with Gasteiger partial charge in [0.05, 0.1) is 5.56 Å². The van der Waals surface area contributed by atoms with Crippen LogP contribution < -0.4 is 16.2 Å². The van der Waals surface area contributed by atoms with Gasteiger partial charge >= 0.3 is 5.97 Å². The summed E-state index contributed by atoms with van der Waals surface area (Å²) in [4.78, 5) is 37.9. The molecule has 166 valence electrons. The Morgan fingerprint density at radius 3 is 2.47 bits per heavy atom. The summed E-state index contributed by atoms with van der Waals surface area (Å²) in [6.45, 7) is 0. The molecular weight excluding hydrogens is 428 g/mol. The van der Waals surface area contributed by atoms with Gasteiger partial charge in [-0.2, -0.15) is 0 Å². The van der Waals surface area contributed by atoms with Crippen molar-refractivity contribution in [1.29, 1.82) is 0 Å². The number of pyridine rings is 2. The molecule has 0 unspecified atom stereocenters. The third-order valence-corrected chi connectivity index (χ3v) is 6.17. The fraction of sp³-hybridized carbons (Fsp3) is 0.318. The number of thioether (sulfide) groups is 1. The van der Waals surface area contributed by atoms with E-state index in [2.05, 4.69) is 25.6 Å². The van der Waals surface area contributed by atoms with Crippen molar-refractivity contribution in [2.45, 2.75) is 36.2 Å². The number of carboxylic acids is 1. The molecule has 2 atom stereocenters. The number of carbonyl (C=O) groups is 1. The highest BCUT2D eigenvalue weighted by Crippen LogP contribution is 2.25. The number of aromatic nitrogens is 4. The van der Waals surface area contributed by atoms with Crippen LogP contribution in [0.15, 0.2) is 52.7 Å². The van der Waals surface area contributed by atoms with Gasteiger partial charge in [0, 0.05) is 59.9 Å². The van der Waals surface area contributed by atoms with Crippen LogP contribution in [0.2, 0.25) is 0 Å². The van der Waals surface area contributed by atoms with Crippen LogP contribution in [-0.4, -0.2) is 48.9 Å². The second kappa shape index (κ2) is 9.39. The molecule has 3 aromatic heterocycles. The van der Waals surface area contributed by atoms with Crippen LogP contribution in [-0.2, 0) is 7.05 Å². The zero-order valence-corrected chi connectivity index (χ0v) is 18.6. The van der Waals surface area contributed by atoms with E-state index in [0.29, 0.717) is 22.9 Å². The molecule has 10 heteroatoms. The minimum atomic E-state index is -1.08. The largest absolute Gasteiger partial charge is 0.478 e. The number of hydrogen-bond acceptors (Lipinski definition) is 8. The fourth-order valence-electron chi connectivity index (χ4n) is 3.81. The number of nitrogens with one attached hydrogen (secondary N) is 2. The minimum Gasteiger partial charge on any atom is -0.478 e.